The summed E-state index contributed by atoms with van der Waals surface area (Å²) in [5.74, 6) is 1.09. The second-order valence-electron chi connectivity index (χ2n) is 9.98. The monoisotopic (exact) mass is 519 g/mol. The fourth-order valence-electron chi connectivity index (χ4n) is 4.55. The number of ether oxygens (including phenoxy) is 1. The van der Waals surface area contributed by atoms with Crippen LogP contribution in [0.2, 0.25) is 0 Å². The summed E-state index contributed by atoms with van der Waals surface area (Å²) in [6.45, 7) is 12.7. The number of sulfone groups is 1. The van der Waals surface area contributed by atoms with Crippen molar-refractivity contribution in [3.05, 3.63) is 88.7 Å². The Balaban J connectivity index is 1.30. The van der Waals surface area contributed by atoms with Crippen LogP contribution in [-0.4, -0.2) is 28.1 Å². The molecule has 0 unspecified atom stereocenters. The largest absolute Gasteiger partial charge is 0.494 e. The van der Waals surface area contributed by atoms with E-state index < -0.39 is 9.84 Å². The van der Waals surface area contributed by atoms with Crippen LogP contribution >= 0.6 is 0 Å². The van der Waals surface area contributed by atoms with E-state index in [9.17, 15) is 8.42 Å². The van der Waals surface area contributed by atoms with Gasteiger partial charge in [0.1, 0.15) is 22.0 Å². The van der Waals surface area contributed by atoms with E-state index in [2.05, 4.69) is 38.2 Å². The van der Waals surface area contributed by atoms with Crippen molar-refractivity contribution in [1.29, 1.82) is 0 Å². The number of nitrogens with one attached hydrogen (secondary N) is 1. The van der Waals surface area contributed by atoms with Gasteiger partial charge in [0.2, 0.25) is 9.84 Å². The average molecular weight is 520 g/mol. The Bertz CT molecular complexity index is 1440. The van der Waals surface area contributed by atoms with Gasteiger partial charge in [0, 0.05) is 11.3 Å². The highest BCUT2D eigenvalue weighted by atomic mass is 32.2. The summed E-state index contributed by atoms with van der Waals surface area (Å²) in [4.78, 5) is 0.491. The molecule has 4 aromatic rings. The maximum absolute atomic E-state index is 13.6. The van der Waals surface area contributed by atoms with E-state index in [1.54, 1.807) is 36.4 Å². The Hall–Kier alpha value is -3.09. The van der Waals surface area contributed by atoms with Crippen LogP contribution in [0, 0.1) is 20.8 Å². The van der Waals surface area contributed by atoms with Crippen LogP contribution in [0.3, 0.4) is 0 Å². The Kier molecular flexibility index (Phi) is 8.40. The van der Waals surface area contributed by atoms with Crippen molar-refractivity contribution in [2.24, 2.45) is 0 Å². The molecule has 0 aliphatic rings. The lowest BCUT2D eigenvalue weighted by Gasteiger charge is -2.11. The molecule has 1 heterocycles. The van der Waals surface area contributed by atoms with Gasteiger partial charge in [0.25, 0.3) is 0 Å². The van der Waals surface area contributed by atoms with Gasteiger partial charge in [0.05, 0.1) is 11.5 Å². The molecule has 3 aromatic carbocycles. The third kappa shape index (κ3) is 6.08. The van der Waals surface area contributed by atoms with Gasteiger partial charge in [-0.3, -0.25) is 0 Å². The topological polar surface area (TPSA) is 68.5 Å². The number of para-hydroxylation sites is 1. The number of benzene rings is 3. The molecule has 196 valence electrons. The van der Waals surface area contributed by atoms with Crippen LogP contribution in [0.5, 0.6) is 5.75 Å². The Morgan fingerprint density at radius 3 is 2.27 bits per heavy atom. The maximum atomic E-state index is 13.6. The van der Waals surface area contributed by atoms with Gasteiger partial charge in [-0.25, -0.2) is 8.42 Å². The fraction of sp³-hybridized carbons (Fsp3) is 0.355. The van der Waals surface area contributed by atoms with Gasteiger partial charge >= 0.3 is 0 Å². The lowest BCUT2D eigenvalue weighted by Crippen LogP contribution is -2.20. The maximum Gasteiger partial charge on any atom is 0.210 e. The molecule has 5 nitrogen and oxygen atoms in total. The van der Waals surface area contributed by atoms with Gasteiger partial charge < -0.3 is 14.5 Å². The summed E-state index contributed by atoms with van der Waals surface area (Å²) in [6.07, 6.45) is 1.87. The van der Waals surface area contributed by atoms with Crippen LogP contribution in [-0.2, 0) is 16.3 Å². The standard InChI is InChI=1S/C31H37NO4S/c1-21(2)30-31(28-9-6-7-10-29(28)36-30)37(33,34)27-13-11-26(12-14-27)35-18-8-16-32-17-15-25-19-22(3)24(5)23(4)20-25/h6-7,9-14,19-21,32H,8,15-18H2,1-5H3. The number of hydrogen-bond donors (Lipinski definition) is 1. The molecule has 0 spiro atoms. The summed E-state index contributed by atoms with van der Waals surface area (Å²) in [5, 5.41) is 4.10. The van der Waals surface area contributed by atoms with Crippen molar-refractivity contribution in [2.75, 3.05) is 19.7 Å². The van der Waals surface area contributed by atoms with Gasteiger partial charge in [-0.1, -0.05) is 38.1 Å². The third-order valence-corrected chi connectivity index (χ3v) is 8.70. The van der Waals surface area contributed by atoms with Crippen LogP contribution in [0.1, 0.15) is 54.2 Å². The number of furan rings is 1. The first-order chi connectivity index (χ1) is 17.7. The van der Waals surface area contributed by atoms with Crippen LogP contribution in [0.15, 0.2) is 74.9 Å². The molecule has 0 radical (unpaired) electrons. The Morgan fingerprint density at radius 2 is 1.59 bits per heavy atom. The molecule has 4 rings (SSSR count). The predicted octanol–water partition coefficient (Wildman–Crippen LogP) is 6.92. The van der Waals surface area contributed by atoms with E-state index in [1.807, 2.05) is 26.0 Å². The second kappa shape index (κ2) is 11.5. The highest BCUT2D eigenvalue weighted by Crippen LogP contribution is 2.37. The number of hydrogen-bond acceptors (Lipinski definition) is 5. The molecule has 37 heavy (non-hydrogen) atoms. The van der Waals surface area contributed by atoms with E-state index >= 15 is 0 Å². The van der Waals surface area contributed by atoms with Crippen molar-refractivity contribution in [3.63, 3.8) is 0 Å². The molecule has 0 aliphatic heterocycles. The highest BCUT2D eigenvalue weighted by Gasteiger charge is 2.29. The summed E-state index contributed by atoms with van der Waals surface area (Å²) in [7, 11) is -3.74. The molecule has 0 aliphatic carbocycles. The second-order valence-corrected chi connectivity index (χ2v) is 11.9. The van der Waals surface area contributed by atoms with Crippen molar-refractivity contribution in [3.8, 4) is 5.75 Å². The van der Waals surface area contributed by atoms with E-state index in [0.717, 1.165) is 25.9 Å². The molecule has 0 saturated heterocycles. The van der Waals surface area contributed by atoms with Crippen molar-refractivity contribution in [1.82, 2.24) is 5.32 Å². The zero-order valence-electron chi connectivity index (χ0n) is 22.4. The zero-order chi connectivity index (χ0) is 26.6. The summed E-state index contributed by atoms with van der Waals surface area (Å²) < 4.78 is 38.9. The molecule has 1 N–H and O–H groups in total. The van der Waals surface area contributed by atoms with Crippen LogP contribution in [0.4, 0.5) is 0 Å². The molecule has 0 fully saturated rings. The van der Waals surface area contributed by atoms with Crippen molar-refractivity contribution < 1.29 is 17.6 Å². The first-order valence-corrected chi connectivity index (χ1v) is 14.4. The molecule has 0 atom stereocenters. The minimum absolute atomic E-state index is 0.0569. The van der Waals surface area contributed by atoms with Crippen LogP contribution < -0.4 is 10.1 Å². The van der Waals surface area contributed by atoms with E-state index in [4.69, 9.17) is 9.15 Å². The minimum atomic E-state index is -3.74. The third-order valence-electron chi connectivity index (χ3n) is 6.85. The van der Waals surface area contributed by atoms with Gasteiger partial charge in [-0.15, -0.1) is 0 Å². The molecule has 0 bridgehead atoms. The smallest absolute Gasteiger partial charge is 0.210 e. The first-order valence-electron chi connectivity index (χ1n) is 13.0. The van der Waals surface area contributed by atoms with E-state index in [0.29, 0.717) is 29.1 Å². The Labute approximate surface area is 220 Å². The highest BCUT2D eigenvalue weighted by molar-refractivity contribution is 7.91. The summed E-state index contributed by atoms with van der Waals surface area (Å²) in [6, 6.07) is 18.5. The number of fused-ring (bicyclic) bond motifs is 1. The van der Waals surface area contributed by atoms with E-state index in [1.165, 1.54) is 22.3 Å². The molecule has 0 saturated carbocycles. The Morgan fingerprint density at radius 1 is 0.919 bits per heavy atom. The van der Waals surface area contributed by atoms with Crippen LogP contribution in [0.25, 0.3) is 11.0 Å². The molecule has 6 heteroatoms. The van der Waals surface area contributed by atoms with Crippen molar-refractivity contribution in [2.45, 2.75) is 63.2 Å². The SMILES string of the molecule is Cc1cc(CCNCCCOc2ccc(S(=O)(=O)c3c(C(C)C)oc4ccccc34)cc2)cc(C)c1C. The quantitative estimate of drug-likeness (QED) is 0.218. The first kappa shape index (κ1) is 27.0. The average Bonchev–Trinajstić information content (AvgIpc) is 3.28. The summed E-state index contributed by atoms with van der Waals surface area (Å²) in [5.41, 5.74) is 6.02. The van der Waals surface area contributed by atoms with Gasteiger partial charge in [-0.05, 0) is 105 Å². The van der Waals surface area contributed by atoms with Crippen molar-refractivity contribution >= 4 is 20.8 Å². The van der Waals surface area contributed by atoms with E-state index in [-0.39, 0.29) is 15.7 Å². The lowest BCUT2D eigenvalue weighted by molar-refractivity contribution is 0.308. The summed E-state index contributed by atoms with van der Waals surface area (Å²) >= 11 is 0. The molecule has 0 amide bonds. The molecular formula is C31H37NO4S. The minimum Gasteiger partial charge on any atom is -0.494 e. The fourth-order valence-corrected chi connectivity index (χ4v) is 6.28. The lowest BCUT2D eigenvalue weighted by atomic mass is 9.99. The zero-order valence-corrected chi connectivity index (χ0v) is 23.2. The molecular weight excluding hydrogens is 482 g/mol. The number of rotatable bonds is 11. The molecule has 1 aromatic heterocycles. The number of aryl methyl sites for hydroxylation is 2. The van der Waals surface area contributed by atoms with Gasteiger partial charge in [-0.2, -0.15) is 0 Å². The predicted molar refractivity (Wildman–Crippen MR) is 150 cm³/mol. The normalized spacial score (nSPS) is 11.9. The van der Waals surface area contributed by atoms with Gasteiger partial charge in [0.15, 0.2) is 0 Å².